The minimum atomic E-state index is -0.804. The fourth-order valence-corrected chi connectivity index (χ4v) is 4.98. The van der Waals surface area contributed by atoms with E-state index in [1.807, 2.05) is 36.4 Å². The molecule has 32 heavy (non-hydrogen) atoms. The molecular formula is C25H20ClFN2O3. The first-order valence-corrected chi connectivity index (χ1v) is 10.8. The number of Topliss-reactive ketones (excluding diaryl/α,β-unsaturated/α-hetero) is 1. The number of ketones is 1. The number of hydrogen-bond donors (Lipinski definition) is 2. The summed E-state index contributed by atoms with van der Waals surface area (Å²) in [6.45, 7) is 0.149. The third-order valence-corrected chi connectivity index (χ3v) is 6.64. The molecule has 0 aliphatic heterocycles. The number of nitrogen functional groups attached to an aromatic ring is 1. The molecule has 3 N–H and O–H groups in total. The third-order valence-electron chi connectivity index (χ3n) is 6.23. The fourth-order valence-electron chi connectivity index (χ4n) is 4.74. The molecule has 2 aliphatic carbocycles. The molecule has 0 radical (unpaired) electrons. The molecule has 0 spiro atoms. The van der Waals surface area contributed by atoms with Crippen LogP contribution in [0.3, 0.4) is 0 Å². The predicted octanol–water partition coefficient (Wildman–Crippen LogP) is 5.10. The summed E-state index contributed by atoms with van der Waals surface area (Å²) in [5.74, 6) is -1.12. The Kier molecular flexibility index (Phi) is 5.10. The van der Waals surface area contributed by atoms with E-state index >= 15 is 0 Å². The zero-order valence-electron chi connectivity index (χ0n) is 17.0. The zero-order chi connectivity index (χ0) is 22.4. The lowest BCUT2D eigenvalue weighted by atomic mass is 9.86. The predicted molar refractivity (Wildman–Crippen MR) is 120 cm³/mol. The van der Waals surface area contributed by atoms with E-state index in [4.69, 9.17) is 22.1 Å². The number of halogens is 2. The number of hydrogen-bond acceptors (Lipinski definition) is 4. The number of ether oxygens (including phenoxy) is 1. The number of nitrogens with two attached hydrogens (primary N) is 1. The minimum absolute atomic E-state index is 0.0194. The Morgan fingerprint density at radius 2 is 1.75 bits per heavy atom. The van der Waals surface area contributed by atoms with E-state index in [0.29, 0.717) is 18.4 Å². The van der Waals surface area contributed by atoms with Crippen molar-refractivity contribution in [3.8, 4) is 11.1 Å². The van der Waals surface area contributed by atoms with E-state index in [1.165, 1.54) is 0 Å². The lowest BCUT2D eigenvalue weighted by Crippen LogP contribution is -2.44. The molecule has 5 nitrogen and oxygen atoms in total. The number of alkyl carbamates (subject to hydrolysis) is 1. The average Bonchev–Trinajstić information content (AvgIpc) is 3.11. The van der Waals surface area contributed by atoms with Crippen molar-refractivity contribution in [1.29, 1.82) is 0 Å². The second-order valence-corrected chi connectivity index (χ2v) is 8.42. The highest BCUT2D eigenvalue weighted by molar-refractivity contribution is 6.32. The van der Waals surface area contributed by atoms with E-state index in [-0.39, 0.29) is 34.6 Å². The summed E-state index contributed by atoms with van der Waals surface area (Å²) in [5, 5.41) is 2.54. The highest BCUT2D eigenvalue weighted by atomic mass is 35.5. The van der Waals surface area contributed by atoms with Gasteiger partial charge < -0.3 is 15.8 Å². The van der Waals surface area contributed by atoms with Gasteiger partial charge in [0, 0.05) is 17.2 Å². The monoisotopic (exact) mass is 450 g/mol. The van der Waals surface area contributed by atoms with Crippen molar-refractivity contribution in [2.45, 2.75) is 24.8 Å². The Bertz CT molecular complexity index is 1210. The first-order chi connectivity index (χ1) is 15.5. The van der Waals surface area contributed by atoms with Crippen LogP contribution < -0.4 is 11.1 Å². The molecule has 0 aromatic heterocycles. The first-order valence-electron chi connectivity index (χ1n) is 10.4. The van der Waals surface area contributed by atoms with Crippen LogP contribution in [0.1, 0.15) is 39.4 Å². The van der Waals surface area contributed by atoms with Crippen molar-refractivity contribution in [2.24, 2.45) is 0 Å². The fraction of sp³-hybridized carbons (Fsp3) is 0.200. The average molecular weight is 451 g/mol. The Labute approximate surface area is 189 Å². The largest absolute Gasteiger partial charge is 0.449 e. The summed E-state index contributed by atoms with van der Waals surface area (Å²) in [4.78, 5) is 25.4. The van der Waals surface area contributed by atoms with Gasteiger partial charge in [-0.25, -0.2) is 9.18 Å². The molecule has 0 saturated heterocycles. The maximum absolute atomic E-state index is 13.8. The van der Waals surface area contributed by atoms with Gasteiger partial charge in [0.2, 0.25) is 0 Å². The standard InChI is InChI=1S/C25H20ClFN2O3/c26-23-17-9-10-21(24(30)22(17)20(28)11-19(23)27)29-25(31)32-12-18-15-7-3-1-5-13(15)14-6-2-4-8-16(14)18/h1-8,11,18,21H,9-10,12,28H2,(H,29,31). The molecule has 3 aromatic carbocycles. The van der Waals surface area contributed by atoms with Gasteiger partial charge in [0.25, 0.3) is 0 Å². The Balaban J connectivity index is 1.30. The molecule has 3 aromatic rings. The summed E-state index contributed by atoms with van der Waals surface area (Å²) in [6, 6.07) is 16.3. The number of fused-ring (bicyclic) bond motifs is 4. The van der Waals surface area contributed by atoms with Gasteiger partial charge in [-0.3, -0.25) is 4.79 Å². The normalized spacial score (nSPS) is 16.8. The second-order valence-electron chi connectivity index (χ2n) is 8.04. The van der Waals surface area contributed by atoms with Crippen molar-refractivity contribution >= 4 is 29.2 Å². The molecule has 7 heteroatoms. The van der Waals surface area contributed by atoms with E-state index in [1.54, 1.807) is 0 Å². The van der Waals surface area contributed by atoms with Crippen molar-refractivity contribution in [3.05, 3.63) is 87.7 Å². The van der Waals surface area contributed by atoms with Crippen LogP contribution in [-0.4, -0.2) is 24.5 Å². The summed E-state index contributed by atoms with van der Waals surface area (Å²) >= 11 is 6.01. The summed E-state index contributed by atoms with van der Waals surface area (Å²) < 4.78 is 19.4. The molecule has 0 bridgehead atoms. The first kappa shape index (κ1) is 20.5. The van der Waals surface area contributed by atoms with E-state index in [2.05, 4.69) is 17.4 Å². The summed E-state index contributed by atoms with van der Waals surface area (Å²) in [6.07, 6.45) is -0.0603. The lowest BCUT2D eigenvalue weighted by Gasteiger charge is -2.26. The van der Waals surface area contributed by atoms with Crippen molar-refractivity contribution in [1.82, 2.24) is 5.32 Å². The molecule has 1 unspecified atom stereocenters. The topological polar surface area (TPSA) is 81.4 Å². The molecule has 1 atom stereocenters. The molecule has 1 amide bonds. The maximum atomic E-state index is 13.8. The molecule has 2 aliphatic rings. The smallest absolute Gasteiger partial charge is 0.407 e. The number of rotatable bonds is 3. The van der Waals surface area contributed by atoms with Crippen molar-refractivity contribution in [2.75, 3.05) is 12.3 Å². The number of carbonyl (C=O) groups is 2. The molecule has 0 heterocycles. The van der Waals surface area contributed by atoms with Crippen LogP contribution in [0.25, 0.3) is 11.1 Å². The van der Waals surface area contributed by atoms with Crippen LogP contribution in [0, 0.1) is 5.82 Å². The second kappa shape index (κ2) is 7.95. The van der Waals surface area contributed by atoms with Gasteiger partial charge in [-0.1, -0.05) is 60.1 Å². The summed E-state index contributed by atoms with van der Waals surface area (Å²) in [7, 11) is 0. The highest BCUT2D eigenvalue weighted by Crippen LogP contribution is 2.44. The molecule has 0 saturated carbocycles. The van der Waals surface area contributed by atoms with E-state index in [0.717, 1.165) is 28.3 Å². The maximum Gasteiger partial charge on any atom is 0.407 e. The molecule has 5 rings (SSSR count). The van der Waals surface area contributed by atoms with Gasteiger partial charge >= 0.3 is 6.09 Å². The van der Waals surface area contributed by atoms with Crippen molar-refractivity contribution < 1.29 is 18.7 Å². The lowest BCUT2D eigenvalue weighted by molar-refractivity contribution is 0.0904. The van der Waals surface area contributed by atoms with Crippen LogP contribution in [0.4, 0.5) is 14.9 Å². The highest BCUT2D eigenvalue weighted by Gasteiger charge is 2.34. The van der Waals surface area contributed by atoms with Gasteiger partial charge in [0.05, 0.1) is 11.1 Å². The number of benzene rings is 3. The van der Waals surface area contributed by atoms with Crippen LogP contribution in [0.2, 0.25) is 5.02 Å². The quantitative estimate of drug-likeness (QED) is 0.544. The minimum Gasteiger partial charge on any atom is -0.449 e. The van der Waals surface area contributed by atoms with Gasteiger partial charge in [-0.05, 0) is 46.7 Å². The number of anilines is 1. The molecular weight excluding hydrogens is 431 g/mol. The van der Waals surface area contributed by atoms with Crippen molar-refractivity contribution in [3.63, 3.8) is 0 Å². The number of amides is 1. The number of nitrogens with one attached hydrogen (secondary N) is 1. The Hall–Kier alpha value is -3.38. The van der Waals surface area contributed by atoms with E-state index < -0.39 is 18.0 Å². The number of carbonyl (C=O) groups excluding carboxylic acids is 2. The van der Waals surface area contributed by atoms with Crippen LogP contribution in [0.15, 0.2) is 54.6 Å². The summed E-state index contributed by atoms with van der Waals surface area (Å²) in [5.41, 5.74) is 10.9. The van der Waals surface area contributed by atoms with Gasteiger partial charge in [-0.2, -0.15) is 0 Å². The zero-order valence-corrected chi connectivity index (χ0v) is 17.8. The Morgan fingerprint density at radius 1 is 1.12 bits per heavy atom. The van der Waals surface area contributed by atoms with Crippen LogP contribution in [-0.2, 0) is 11.2 Å². The van der Waals surface area contributed by atoms with Crippen LogP contribution in [0.5, 0.6) is 0 Å². The third kappa shape index (κ3) is 3.31. The SMILES string of the molecule is Nc1cc(F)c(Cl)c2c1C(=O)C(NC(=O)OCC1c3ccccc3-c3ccccc31)CC2. The van der Waals surface area contributed by atoms with Gasteiger partial charge in [-0.15, -0.1) is 0 Å². The van der Waals surface area contributed by atoms with Gasteiger partial charge in [0.15, 0.2) is 5.78 Å². The van der Waals surface area contributed by atoms with Crippen LogP contribution >= 0.6 is 11.6 Å². The molecule has 0 fully saturated rings. The molecule has 162 valence electrons. The van der Waals surface area contributed by atoms with Gasteiger partial charge in [0.1, 0.15) is 12.4 Å². The Morgan fingerprint density at radius 3 is 2.41 bits per heavy atom. The van der Waals surface area contributed by atoms with E-state index in [9.17, 15) is 14.0 Å².